The van der Waals surface area contributed by atoms with Gasteiger partial charge in [-0.3, -0.25) is 9.59 Å². The SMILES string of the molecule is O=C(O)CCC(=O)N(Cc1nc2ccc(F)c(F)c2s1)c1ccc(F)cc1. The van der Waals surface area contributed by atoms with Crippen LogP contribution >= 0.6 is 11.3 Å². The van der Waals surface area contributed by atoms with Gasteiger partial charge in [0.15, 0.2) is 11.6 Å². The lowest BCUT2D eigenvalue weighted by Crippen LogP contribution is -2.30. The van der Waals surface area contributed by atoms with Gasteiger partial charge in [0.2, 0.25) is 5.91 Å². The smallest absolute Gasteiger partial charge is 0.303 e. The van der Waals surface area contributed by atoms with E-state index in [4.69, 9.17) is 5.11 Å². The lowest BCUT2D eigenvalue weighted by molar-refractivity contribution is -0.138. The molecular weight excluding hydrogens is 381 g/mol. The maximum Gasteiger partial charge on any atom is 0.303 e. The summed E-state index contributed by atoms with van der Waals surface area (Å²) in [5.74, 6) is -4.13. The molecule has 0 bridgehead atoms. The fourth-order valence-electron chi connectivity index (χ4n) is 2.48. The second kappa shape index (κ2) is 7.75. The number of rotatable bonds is 6. The molecule has 1 aromatic heterocycles. The van der Waals surface area contributed by atoms with E-state index in [1.807, 2.05) is 0 Å². The topological polar surface area (TPSA) is 70.5 Å². The monoisotopic (exact) mass is 394 g/mol. The van der Waals surface area contributed by atoms with E-state index in [0.717, 1.165) is 17.4 Å². The number of aromatic nitrogens is 1. The minimum absolute atomic E-state index is 0.0297. The molecule has 1 amide bonds. The third-order valence-corrected chi connectivity index (χ3v) is 4.83. The number of amides is 1. The minimum Gasteiger partial charge on any atom is -0.481 e. The van der Waals surface area contributed by atoms with Gasteiger partial charge in [-0.2, -0.15) is 0 Å². The Morgan fingerprint density at radius 3 is 2.41 bits per heavy atom. The van der Waals surface area contributed by atoms with Crippen LogP contribution in [-0.4, -0.2) is 22.0 Å². The largest absolute Gasteiger partial charge is 0.481 e. The van der Waals surface area contributed by atoms with Crippen molar-refractivity contribution < 1.29 is 27.9 Å². The summed E-state index contributed by atoms with van der Waals surface area (Å²) in [6.07, 6.45) is -0.628. The van der Waals surface area contributed by atoms with Crippen LogP contribution in [0.5, 0.6) is 0 Å². The Morgan fingerprint density at radius 1 is 1.04 bits per heavy atom. The van der Waals surface area contributed by atoms with Gasteiger partial charge in [0, 0.05) is 12.1 Å². The Hall–Kier alpha value is -2.94. The van der Waals surface area contributed by atoms with Crippen molar-refractivity contribution in [3.8, 4) is 0 Å². The second-order valence-electron chi connectivity index (χ2n) is 5.67. The van der Waals surface area contributed by atoms with Crippen LogP contribution in [0.1, 0.15) is 17.8 Å². The number of benzene rings is 2. The van der Waals surface area contributed by atoms with Crippen molar-refractivity contribution >= 4 is 39.1 Å². The third kappa shape index (κ3) is 4.25. The van der Waals surface area contributed by atoms with Crippen LogP contribution in [0.15, 0.2) is 36.4 Å². The first-order valence-electron chi connectivity index (χ1n) is 7.86. The number of nitrogens with zero attached hydrogens (tertiary/aromatic N) is 2. The van der Waals surface area contributed by atoms with Gasteiger partial charge in [0.1, 0.15) is 10.8 Å². The predicted molar refractivity (Wildman–Crippen MR) is 94.0 cm³/mol. The minimum atomic E-state index is -1.13. The number of carbonyl (C=O) groups is 2. The fraction of sp³-hybridized carbons (Fsp3) is 0.167. The number of aliphatic carboxylic acids is 1. The molecule has 0 saturated carbocycles. The van der Waals surface area contributed by atoms with E-state index in [1.165, 1.54) is 35.2 Å². The predicted octanol–water partition coefficient (Wildman–Crippen LogP) is 4.11. The van der Waals surface area contributed by atoms with Gasteiger partial charge in [-0.05, 0) is 36.4 Å². The zero-order chi connectivity index (χ0) is 19.6. The summed E-state index contributed by atoms with van der Waals surface area (Å²) in [7, 11) is 0. The summed E-state index contributed by atoms with van der Waals surface area (Å²) in [4.78, 5) is 28.7. The molecule has 1 heterocycles. The summed E-state index contributed by atoms with van der Waals surface area (Å²) in [5.41, 5.74) is 0.601. The number of fused-ring (bicyclic) bond motifs is 1. The highest BCUT2D eigenvalue weighted by molar-refractivity contribution is 7.18. The van der Waals surface area contributed by atoms with Crippen LogP contribution in [0.4, 0.5) is 18.9 Å². The first-order valence-corrected chi connectivity index (χ1v) is 8.68. The molecular formula is C18H13F3N2O3S. The summed E-state index contributed by atoms with van der Waals surface area (Å²) in [6.45, 7) is -0.0789. The van der Waals surface area contributed by atoms with Crippen molar-refractivity contribution in [2.45, 2.75) is 19.4 Å². The average molecular weight is 394 g/mol. The van der Waals surface area contributed by atoms with Crippen molar-refractivity contribution in [3.05, 3.63) is 58.9 Å². The average Bonchev–Trinajstić information content (AvgIpc) is 3.05. The van der Waals surface area contributed by atoms with Crippen LogP contribution in [0.3, 0.4) is 0 Å². The third-order valence-electron chi connectivity index (χ3n) is 3.78. The van der Waals surface area contributed by atoms with Gasteiger partial charge in [-0.15, -0.1) is 11.3 Å². The molecule has 0 fully saturated rings. The molecule has 1 N–H and O–H groups in total. The van der Waals surface area contributed by atoms with E-state index < -0.39 is 29.3 Å². The molecule has 0 saturated heterocycles. The van der Waals surface area contributed by atoms with E-state index in [-0.39, 0.29) is 29.6 Å². The molecule has 2 aromatic carbocycles. The van der Waals surface area contributed by atoms with Crippen molar-refractivity contribution in [2.24, 2.45) is 0 Å². The van der Waals surface area contributed by atoms with Gasteiger partial charge in [0.05, 0.1) is 23.2 Å². The van der Waals surface area contributed by atoms with E-state index in [9.17, 15) is 22.8 Å². The first-order chi connectivity index (χ1) is 12.8. The number of halogens is 3. The molecule has 3 aromatic rings. The van der Waals surface area contributed by atoms with Crippen LogP contribution in [0.25, 0.3) is 10.2 Å². The number of hydrogen-bond donors (Lipinski definition) is 1. The van der Waals surface area contributed by atoms with E-state index in [2.05, 4.69) is 4.98 Å². The molecule has 0 spiro atoms. The Balaban J connectivity index is 1.93. The van der Waals surface area contributed by atoms with Gasteiger partial charge >= 0.3 is 5.97 Å². The normalized spacial score (nSPS) is 10.9. The highest BCUT2D eigenvalue weighted by Crippen LogP contribution is 2.29. The number of hydrogen-bond acceptors (Lipinski definition) is 4. The van der Waals surface area contributed by atoms with Crippen LogP contribution in [0.2, 0.25) is 0 Å². The quantitative estimate of drug-likeness (QED) is 0.683. The Kier molecular flexibility index (Phi) is 5.41. The second-order valence-corrected chi connectivity index (χ2v) is 6.75. The van der Waals surface area contributed by atoms with Gasteiger partial charge in [0.25, 0.3) is 0 Å². The van der Waals surface area contributed by atoms with Crippen molar-refractivity contribution in [1.82, 2.24) is 4.98 Å². The number of carboxylic acids is 1. The summed E-state index contributed by atoms with van der Waals surface area (Å²) in [6, 6.07) is 7.39. The molecule has 0 aliphatic heterocycles. The van der Waals surface area contributed by atoms with Gasteiger partial charge in [-0.25, -0.2) is 18.2 Å². The molecule has 140 valence electrons. The standard InChI is InChI=1S/C18H13F3N2O3S/c19-10-1-3-11(4-2-10)23(15(24)7-8-16(25)26)9-14-22-13-6-5-12(20)17(21)18(13)27-14/h1-6H,7-9H2,(H,25,26). The Morgan fingerprint density at radius 2 is 1.74 bits per heavy atom. The van der Waals surface area contributed by atoms with Crippen molar-refractivity contribution in [3.63, 3.8) is 0 Å². The fourth-order valence-corrected chi connectivity index (χ4v) is 3.46. The summed E-state index contributed by atoms with van der Waals surface area (Å²) in [5, 5.41) is 9.12. The van der Waals surface area contributed by atoms with Crippen molar-refractivity contribution in [1.29, 1.82) is 0 Å². The van der Waals surface area contributed by atoms with Crippen LogP contribution in [-0.2, 0) is 16.1 Å². The van der Waals surface area contributed by atoms with Crippen LogP contribution in [0, 0.1) is 17.5 Å². The van der Waals surface area contributed by atoms with Crippen LogP contribution < -0.4 is 4.90 Å². The summed E-state index contributed by atoms with van der Waals surface area (Å²) >= 11 is 0.896. The first kappa shape index (κ1) is 18.8. The zero-order valence-electron chi connectivity index (χ0n) is 13.8. The molecule has 0 aliphatic rings. The highest BCUT2D eigenvalue weighted by Gasteiger charge is 2.20. The number of carboxylic acid groups (broad SMARTS) is 1. The molecule has 0 unspecified atom stereocenters. The van der Waals surface area contributed by atoms with E-state index >= 15 is 0 Å². The molecule has 27 heavy (non-hydrogen) atoms. The molecule has 3 rings (SSSR count). The highest BCUT2D eigenvalue weighted by atomic mass is 32.1. The van der Waals surface area contributed by atoms with E-state index in [1.54, 1.807) is 0 Å². The van der Waals surface area contributed by atoms with Crippen molar-refractivity contribution in [2.75, 3.05) is 4.90 Å². The van der Waals surface area contributed by atoms with Gasteiger partial charge in [-0.1, -0.05) is 0 Å². The maximum atomic E-state index is 13.9. The lowest BCUT2D eigenvalue weighted by Gasteiger charge is -2.21. The molecule has 0 atom stereocenters. The summed E-state index contributed by atoms with van der Waals surface area (Å²) < 4.78 is 40.5. The Labute approximate surface area is 155 Å². The van der Waals surface area contributed by atoms with Gasteiger partial charge < -0.3 is 10.0 Å². The number of thiazole rings is 1. The molecule has 5 nitrogen and oxygen atoms in total. The molecule has 0 aliphatic carbocycles. The number of anilines is 1. The number of carbonyl (C=O) groups excluding carboxylic acids is 1. The lowest BCUT2D eigenvalue weighted by atomic mass is 10.2. The molecule has 0 radical (unpaired) electrons. The zero-order valence-corrected chi connectivity index (χ0v) is 14.6. The maximum absolute atomic E-state index is 13.9. The molecule has 9 heteroatoms. The van der Waals surface area contributed by atoms with E-state index in [0.29, 0.717) is 10.7 Å². The Bertz CT molecular complexity index is 1010.